The van der Waals surface area contributed by atoms with Gasteiger partial charge >= 0.3 is 0 Å². The number of morpholine rings is 1. The number of ether oxygens (including phenoxy) is 2. The minimum Gasteiger partial charge on any atom is -0.484 e. The van der Waals surface area contributed by atoms with Crippen molar-refractivity contribution < 1.29 is 19.1 Å². The van der Waals surface area contributed by atoms with Gasteiger partial charge in [0, 0.05) is 13.1 Å². The third kappa shape index (κ3) is 5.85. The Bertz CT molecular complexity index is 527. The number of benzene rings is 1. The van der Waals surface area contributed by atoms with Gasteiger partial charge in [0.15, 0.2) is 6.61 Å². The van der Waals surface area contributed by atoms with E-state index in [-0.39, 0.29) is 18.4 Å². The van der Waals surface area contributed by atoms with Crippen LogP contribution in [0.15, 0.2) is 30.3 Å². The lowest BCUT2D eigenvalue weighted by Crippen LogP contribution is -2.52. The van der Waals surface area contributed by atoms with Crippen LogP contribution in [0.5, 0.6) is 5.75 Å². The van der Waals surface area contributed by atoms with Crippen LogP contribution in [0, 0.1) is 5.92 Å². The molecule has 1 N–H and O–H groups in total. The van der Waals surface area contributed by atoms with Crippen LogP contribution >= 0.6 is 0 Å². The van der Waals surface area contributed by atoms with Crippen molar-refractivity contribution in [1.82, 2.24) is 10.2 Å². The predicted octanol–water partition coefficient (Wildman–Crippen LogP) is 1.46. The average Bonchev–Trinajstić information content (AvgIpc) is 2.60. The largest absolute Gasteiger partial charge is 0.484 e. The number of carbonyl (C=O) groups excluding carboxylic acids is 2. The van der Waals surface area contributed by atoms with Gasteiger partial charge in [-0.15, -0.1) is 0 Å². The second kappa shape index (κ2) is 9.27. The molecule has 0 radical (unpaired) electrons. The first-order valence-electron chi connectivity index (χ1n) is 8.40. The monoisotopic (exact) mass is 334 g/mol. The summed E-state index contributed by atoms with van der Waals surface area (Å²) in [4.78, 5) is 26.6. The van der Waals surface area contributed by atoms with Crippen molar-refractivity contribution in [2.75, 3.05) is 32.9 Å². The van der Waals surface area contributed by atoms with Gasteiger partial charge in [0.1, 0.15) is 11.8 Å². The highest BCUT2D eigenvalue weighted by Gasteiger charge is 2.27. The van der Waals surface area contributed by atoms with Crippen LogP contribution in [0.3, 0.4) is 0 Å². The summed E-state index contributed by atoms with van der Waals surface area (Å²) in [7, 11) is 0. The Morgan fingerprint density at radius 3 is 2.50 bits per heavy atom. The first-order chi connectivity index (χ1) is 11.6. The van der Waals surface area contributed by atoms with E-state index in [2.05, 4.69) is 5.32 Å². The molecule has 24 heavy (non-hydrogen) atoms. The Kier molecular flexibility index (Phi) is 7.06. The summed E-state index contributed by atoms with van der Waals surface area (Å²) in [5, 5.41) is 2.82. The summed E-state index contributed by atoms with van der Waals surface area (Å²) < 4.78 is 10.7. The van der Waals surface area contributed by atoms with Crippen molar-refractivity contribution in [2.45, 2.75) is 26.3 Å². The van der Waals surface area contributed by atoms with Gasteiger partial charge < -0.3 is 19.7 Å². The zero-order valence-corrected chi connectivity index (χ0v) is 14.4. The first-order valence-corrected chi connectivity index (χ1v) is 8.40. The zero-order valence-electron chi connectivity index (χ0n) is 14.4. The van der Waals surface area contributed by atoms with Gasteiger partial charge in [0.25, 0.3) is 5.91 Å². The molecule has 0 saturated carbocycles. The summed E-state index contributed by atoms with van der Waals surface area (Å²) in [6.07, 6.45) is 0.604. The molecule has 2 rings (SSSR count). The summed E-state index contributed by atoms with van der Waals surface area (Å²) in [5.41, 5.74) is 0. The molecule has 1 saturated heterocycles. The molecule has 6 nitrogen and oxygen atoms in total. The fourth-order valence-electron chi connectivity index (χ4n) is 2.60. The molecular weight excluding hydrogens is 308 g/mol. The third-order valence-corrected chi connectivity index (χ3v) is 3.78. The van der Waals surface area contributed by atoms with E-state index in [1.165, 1.54) is 0 Å². The summed E-state index contributed by atoms with van der Waals surface area (Å²) >= 11 is 0. The van der Waals surface area contributed by atoms with Crippen LogP contribution in [-0.2, 0) is 14.3 Å². The van der Waals surface area contributed by atoms with Crippen LogP contribution in [-0.4, -0.2) is 55.7 Å². The Balaban J connectivity index is 1.89. The number of amides is 2. The minimum absolute atomic E-state index is 0.0416. The van der Waals surface area contributed by atoms with Gasteiger partial charge in [-0.2, -0.15) is 0 Å². The zero-order chi connectivity index (χ0) is 17.4. The lowest BCUT2D eigenvalue weighted by atomic mass is 10.0. The molecule has 2 amide bonds. The summed E-state index contributed by atoms with van der Waals surface area (Å²) in [6.45, 7) is 6.21. The minimum atomic E-state index is -0.519. The molecule has 1 aromatic carbocycles. The van der Waals surface area contributed by atoms with E-state index in [4.69, 9.17) is 9.47 Å². The molecule has 1 aromatic rings. The number of para-hydroxylation sites is 1. The van der Waals surface area contributed by atoms with Gasteiger partial charge in [0.05, 0.1) is 13.2 Å². The number of nitrogens with zero attached hydrogens (tertiary/aromatic N) is 1. The van der Waals surface area contributed by atoms with Gasteiger partial charge in [-0.3, -0.25) is 9.59 Å². The Labute approximate surface area is 143 Å². The summed E-state index contributed by atoms with van der Waals surface area (Å²) in [5.74, 6) is 0.606. The van der Waals surface area contributed by atoms with E-state index in [1.54, 1.807) is 17.0 Å². The highest BCUT2D eigenvalue weighted by molar-refractivity contribution is 5.88. The molecule has 1 aliphatic rings. The molecule has 1 aliphatic heterocycles. The maximum atomic E-state index is 12.7. The second-order valence-electron chi connectivity index (χ2n) is 6.29. The molecule has 0 bridgehead atoms. The number of carbonyl (C=O) groups is 2. The Morgan fingerprint density at radius 2 is 1.88 bits per heavy atom. The van der Waals surface area contributed by atoms with Crippen molar-refractivity contribution in [1.29, 1.82) is 0 Å². The molecule has 6 heteroatoms. The molecule has 1 fully saturated rings. The van der Waals surface area contributed by atoms with Crippen LogP contribution < -0.4 is 10.1 Å². The van der Waals surface area contributed by atoms with E-state index in [0.717, 1.165) is 0 Å². The highest BCUT2D eigenvalue weighted by Crippen LogP contribution is 2.11. The van der Waals surface area contributed by atoms with Crippen LogP contribution in [0.1, 0.15) is 20.3 Å². The fraction of sp³-hybridized carbons (Fsp3) is 0.556. The molecular formula is C18H26N2O4. The number of rotatable bonds is 7. The standard InChI is InChI=1S/C18H26N2O4/c1-14(2)12-16(18(22)20-8-10-23-11-9-20)19-17(21)13-24-15-6-4-3-5-7-15/h3-7,14,16H,8-13H2,1-2H3,(H,19,21)/t16-/m1/s1. The predicted molar refractivity (Wildman–Crippen MR) is 90.7 cm³/mol. The highest BCUT2D eigenvalue weighted by atomic mass is 16.5. The molecule has 0 spiro atoms. The summed E-state index contributed by atoms with van der Waals surface area (Å²) in [6, 6.07) is 8.63. The SMILES string of the molecule is CC(C)C[C@@H](NC(=O)COc1ccccc1)C(=O)N1CCOCC1. The maximum Gasteiger partial charge on any atom is 0.258 e. The lowest BCUT2D eigenvalue weighted by molar-refractivity contribution is -0.140. The molecule has 0 unspecified atom stereocenters. The maximum absolute atomic E-state index is 12.7. The van der Waals surface area contributed by atoms with Gasteiger partial charge in [-0.1, -0.05) is 32.0 Å². The third-order valence-electron chi connectivity index (χ3n) is 3.78. The lowest BCUT2D eigenvalue weighted by Gasteiger charge is -2.31. The fourth-order valence-corrected chi connectivity index (χ4v) is 2.60. The first kappa shape index (κ1) is 18.3. The molecule has 132 valence electrons. The number of hydrogen-bond donors (Lipinski definition) is 1. The second-order valence-corrected chi connectivity index (χ2v) is 6.29. The van der Waals surface area contributed by atoms with Crippen molar-refractivity contribution in [2.24, 2.45) is 5.92 Å². The topological polar surface area (TPSA) is 67.9 Å². The van der Waals surface area contributed by atoms with E-state index >= 15 is 0 Å². The van der Waals surface area contributed by atoms with E-state index in [1.807, 2.05) is 32.0 Å². The van der Waals surface area contributed by atoms with Crippen molar-refractivity contribution in [3.63, 3.8) is 0 Å². The Hall–Kier alpha value is -2.08. The molecule has 1 atom stereocenters. The quantitative estimate of drug-likeness (QED) is 0.820. The number of hydrogen-bond acceptors (Lipinski definition) is 4. The van der Waals surface area contributed by atoms with E-state index in [9.17, 15) is 9.59 Å². The molecule has 0 aromatic heterocycles. The van der Waals surface area contributed by atoms with Crippen molar-refractivity contribution in [3.8, 4) is 5.75 Å². The Morgan fingerprint density at radius 1 is 1.21 bits per heavy atom. The van der Waals surface area contributed by atoms with Crippen LogP contribution in [0.25, 0.3) is 0 Å². The molecule has 1 heterocycles. The average molecular weight is 334 g/mol. The van der Waals surface area contributed by atoms with Gasteiger partial charge in [0.2, 0.25) is 5.91 Å². The van der Waals surface area contributed by atoms with Crippen molar-refractivity contribution >= 4 is 11.8 Å². The van der Waals surface area contributed by atoms with Gasteiger partial charge in [-0.05, 0) is 24.5 Å². The van der Waals surface area contributed by atoms with E-state index < -0.39 is 6.04 Å². The van der Waals surface area contributed by atoms with Gasteiger partial charge in [-0.25, -0.2) is 0 Å². The molecule has 0 aliphatic carbocycles. The smallest absolute Gasteiger partial charge is 0.258 e. The van der Waals surface area contributed by atoms with Crippen molar-refractivity contribution in [3.05, 3.63) is 30.3 Å². The van der Waals surface area contributed by atoms with Crippen LogP contribution in [0.2, 0.25) is 0 Å². The van der Waals surface area contributed by atoms with Crippen LogP contribution in [0.4, 0.5) is 0 Å². The van der Waals surface area contributed by atoms with E-state index in [0.29, 0.717) is 44.4 Å². The number of nitrogens with one attached hydrogen (secondary N) is 1. The normalized spacial score (nSPS) is 15.9.